The summed E-state index contributed by atoms with van der Waals surface area (Å²) >= 11 is 25.1. The molecule has 60 heavy (non-hydrogen) atoms. The average Bonchev–Trinajstić information content (AvgIpc) is 3.50. The summed E-state index contributed by atoms with van der Waals surface area (Å²) in [6.45, 7) is 13.6. The molecule has 0 spiro atoms. The molecule has 5 N–H and O–H groups in total. The van der Waals surface area contributed by atoms with E-state index in [-0.39, 0.29) is 59.0 Å². The molecular weight excluding hydrogens is 870 g/mol. The van der Waals surface area contributed by atoms with E-state index < -0.39 is 27.5 Å². The largest absolute Gasteiger partial charge is 0.354 e. The lowest BCUT2D eigenvalue weighted by Gasteiger charge is -2.18. The van der Waals surface area contributed by atoms with Gasteiger partial charge in [-0.05, 0) is 81.8 Å². The summed E-state index contributed by atoms with van der Waals surface area (Å²) in [6.07, 6.45) is 2.79. The topological polar surface area (TPSA) is 183 Å². The standard InChI is InChI=1S/C41H46Cl4N10O4S/c1-5-24(46-6-2)19-21-48-40-51-39(47-20-10-22-55(7-3)8-4)52-41(53-40)49-25-14-16-26(17-15-25)60(58,59)54-28-12-9-11-23-13-18-27(50-36(23)28)29-37(56)30-31(38(29)57)33(43)35(45)34(44)32(30)42/h9,11-18,24,29,46,54H,5-8,10,19-22H2,1-4H3,(H3,47,48,49,51,52,53). The highest BCUT2D eigenvalue weighted by molar-refractivity contribution is 7.92. The summed E-state index contributed by atoms with van der Waals surface area (Å²) in [7, 11) is -4.16. The molecule has 2 aromatic heterocycles. The molecule has 0 amide bonds. The molecule has 0 saturated carbocycles. The third-order valence-corrected chi connectivity index (χ3v) is 13.4. The Kier molecular flexibility index (Phi) is 15.1. The highest BCUT2D eigenvalue weighted by Crippen LogP contribution is 2.48. The normalized spacial score (nSPS) is 13.6. The molecule has 1 aliphatic carbocycles. The van der Waals surface area contributed by atoms with E-state index in [0.29, 0.717) is 42.1 Å². The van der Waals surface area contributed by atoms with Gasteiger partial charge in [0.05, 0.1) is 53.0 Å². The van der Waals surface area contributed by atoms with Crippen LogP contribution in [0.15, 0.2) is 59.5 Å². The lowest BCUT2D eigenvalue weighted by molar-refractivity contribution is 0.0888. The summed E-state index contributed by atoms with van der Waals surface area (Å²) in [5.74, 6) is -1.58. The number of Topliss-reactive ketones (excluding diaryl/α,β-unsaturated/α-hetero) is 2. The lowest BCUT2D eigenvalue weighted by Crippen LogP contribution is -2.30. The van der Waals surface area contributed by atoms with Gasteiger partial charge in [0, 0.05) is 30.2 Å². The minimum atomic E-state index is -4.16. The summed E-state index contributed by atoms with van der Waals surface area (Å²) in [4.78, 5) is 47.9. The van der Waals surface area contributed by atoms with Gasteiger partial charge in [0.2, 0.25) is 17.8 Å². The molecule has 0 saturated heterocycles. The third kappa shape index (κ3) is 10.0. The first-order valence-corrected chi connectivity index (χ1v) is 22.7. The van der Waals surface area contributed by atoms with E-state index in [2.05, 4.69) is 78.5 Å². The monoisotopic (exact) mass is 914 g/mol. The van der Waals surface area contributed by atoms with Crippen molar-refractivity contribution >= 4 is 108 Å². The van der Waals surface area contributed by atoms with Gasteiger partial charge in [-0.3, -0.25) is 14.3 Å². The molecule has 1 unspecified atom stereocenters. The van der Waals surface area contributed by atoms with E-state index in [4.69, 9.17) is 46.4 Å². The first-order chi connectivity index (χ1) is 28.8. The number of halogens is 4. The van der Waals surface area contributed by atoms with Crippen LogP contribution in [0.25, 0.3) is 10.9 Å². The second-order valence-electron chi connectivity index (χ2n) is 14.0. The van der Waals surface area contributed by atoms with Gasteiger partial charge in [-0.1, -0.05) is 92.3 Å². The maximum atomic E-state index is 13.8. The maximum absolute atomic E-state index is 13.8. The van der Waals surface area contributed by atoms with Crippen molar-refractivity contribution in [1.82, 2.24) is 30.2 Å². The van der Waals surface area contributed by atoms with Gasteiger partial charge >= 0.3 is 0 Å². The van der Waals surface area contributed by atoms with Gasteiger partial charge < -0.3 is 26.2 Å². The molecule has 14 nitrogen and oxygen atoms in total. The Hall–Kier alpha value is -4.35. The number of pyridine rings is 1. The predicted octanol–water partition coefficient (Wildman–Crippen LogP) is 9.07. The smallest absolute Gasteiger partial charge is 0.261 e. The number of carbonyl (C=O) groups is 2. The van der Waals surface area contributed by atoms with Crippen molar-refractivity contribution in [3.63, 3.8) is 0 Å². The Morgan fingerprint density at radius 2 is 1.35 bits per heavy atom. The van der Waals surface area contributed by atoms with E-state index in [1.165, 1.54) is 24.3 Å². The second kappa shape index (κ2) is 20.0. The van der Waals surface area contributed by atoms with E-state index in [1.807, 2.05) is 0 Å². The van der Waals surface area contributed by atoms with Crippen molar-refractivity contribution in [2.45, 2.75) is 63.8 Å². The van der Waals surface area contributed by atoms with Crippen molar-refractivity contribution in [3.05, 3.63) is 91.5 Å². The summed E-state index contributed by atoms with van der Waals surface area (Å²) in [5, 5.41) is 13.2. The molecular formula is C41H46Cl4N10O4S. The molecule has 2 heterocycles. The Labute approximate surface area is 369 Å². The molecule has 0 fully saturated rings. The molecule has 0 radical (unpaired) electrons. The van der Waals surface area contributed by atoms with Crippen LogP contribution in [-0.2, 0) is 10.0 Å². The van der Waals surface area contributed by atoms with Crippen molar-refractivity contribution < 1.29 is 18.0 Å². The number of ketones is 2. The number of carbonyl (C=O) groups excluding carboxylic acids is 2. The number of aromatic nitrogens is 4. The molecule has 318 valence electrons. The Morgan fingerprint density at radius 3 is 1.95 bits per heavy atom. The molecule has 3 aromatic carbocycles. The van der Waals surface area contributed by atoms with Crippen LogP contribution in [0.2, 0.25) is 20.1 Å². The van der Waals surface area contributed by atoms with Crippen LogP contribution in [0.5, 0.6) is 0 Å². The minimum Gasteiger partial charge on any atom is -0.354 e. The predicted molar refractivity (Wildman–Crippen MR) is 242 cm³/mol. The molecule has 1 aliphatic rings. The molecule has 6 rings (SSSR count). The molecule has 0 bridgehead atoms. The quantitative estimate of drug-likeness (QED) is 0.0216. The lowest BCUT2D eigenvalue weighted by atomic mass is 9.98. The first-order valence-electron chi connectivity index (χ1n) is 19.7. The Morgan fingerprint density at radius 1 is 0.733 bits per heavy atom. The number of benzene rings is 3. The van der Waals surface area contributed by atoms with E-state index in [9.17, 15) is 18.0 Å². The number of hydrogen-bond donors (Lipinski definition) is 5. The van der Waals surface area contributed by atoms with Crippen molar-refractivity contribution in [2.24, 2.45) is 0 Å². The number of hydrogen-bond acceptors (Lipinski definition) is 13. The number of nitrogens with one attached hydrogen (secondary N) is 5. The first kappa shape index (κ1) is 45.2. The summed E-state index contributed by atoms with van der Waals surface area (Å²) in [6, 6.07) is 14.6. The van der Waals surface area contributed by atoms with Crippen LogP contribution in [-0.4, -0.2) is 90.1 Å². The molecule has 0 aliphatic heterocycles. The highest BCUT2D eigenvalue weighted by Gasteiger charge is 2.45. The van der Waals surface area contributed by atoms with Gasteiger partial charge in [-0.15, -0.1) is 0 Å². The number of rotatable bonds is 20. The van der Waals surface area contributed by atoms with E-state index >= 15 is 0 Å². The average molecular weight is 917 g/mol. The zero-order valence-corrected chi connectivity index (χ0v) is 37.3. The van der Waals surface area contributed by atoms with Crippen LogP contribution in [0.1, 0.15) is 79.3 Å². The number of nitrogens with zero attached hydrogens (tertiary/aromatic N) is 5. The fraction of sp³-hybridized carbons (Fsp3) is 0.366. The molecule has 1 atom stereocenters. The van der Waals surface area contributed by atoms with Gasteiger partial charge in [0.15, 0.2) is 11.6 Å². The van der Waals surface area contributed by atoms with Gasteiger partial charge in [0.25, 0.3) is 10.0 Å². The van der Waals surface area contributed by atoms with Crippen LogP contribution in [0.3, 0.4) is 0 Å². The number of sulfonamides is 1. The van der Waals surface area contributed by atoms with Crippen molar-refractivity contribution in [3.8, 4) is 0 Å². The van der Waals surface area contributed by atoms with Gasteiger partial charge in [0.1, 0.15) is 5.92 Å². The fourth-order valence-corrected chi connectivity index (χ4v) is 9.06. The van der Waals surface area contributed by atoms with Crippen LogP contribution in [0.4, 0.5) is 29.2 Å². The van der Waals surface area contributed by atoms with E-state index in [0.717, 1.165) is 45.4 Å². The zero-order chi connectivity index (χ0) is 43.1. The van der Waals surface area contributed by atoms with Gasteiger partial charge in [-0.25, -0.2) is 13.4 Å². The fourth-order valence-electron chi connectivity index (χ4n) is 6.96. The molecule has 5 aromatic rings. The SMILES string of the molecule is CCNC(CC)CCNc1nc(NCCCN(CC)CC)nc(Nc2ccc(S(=O)(=O)Nc3cccc4ccc(C5C(=O)c6c(Cl)c(Cl)c(Cl)c(Cl)c6C5=O)nc34)cc2)n1. The third-order valence-electron chi connectivity index (χ3n) is 10.2. The highest BCUT2D eigenvalue weighted by atomic mass is 35.5. The van der Waals surface area contributed by atoms with Crippen LogP contribution >= 0.6 is 46.4 Å². The van der Waals surface area contributed by atoms with Gasteiger partial charge in [-0.2, -0.15) is 15.0 Å². The maximum Gasteiger partial charge on any atom is 0.261 e. The van der Waals surface area contributed by atoms with Crippen molar-refractivity contribution in [1.29, 1.82) is 0 Å². The second-order valence-corrected chi connectivity index (χ2v) is 17.2. The zero-order valence-electron chi connectivity index (χ0n) is 33.5. The molecule has 19 heteroatoms. The van der Waals surface area contributed by atoms with E-state index in [1.54, 1.807) is 30.3 Å². The van der Waals surface area contributed by atoms with Crippen LogP contribution < -0.4 is 26.0 Å². The summed E-state index contributed by atoms with van der Waals surface area (Å²) in [5.41, 5.74) is 0.696. The Bertz CT molecular complexity index is 2440. The van der Waals surface area contributed by atoms with Crippen LogP contribution in [0, 0.1) is 0 Å². The number of fused-ring (bicyclic) bond motifs is 2. The Balaban J connectivity index is 1.19. The number of anilines is 5. The summed E-state index contributed by atoms with van der Waals surface area (Å²) < 4.78 is 30.2. The number of para-hydroxylation sites is 1. The minimum absolute atomic E-state index is 0.0319. The van der Waals surface area contributed by atoms with Crippen molar-refractivity contribution in [2.75, 3.05) is 59.9 Å².